The van der Waals surface area contributed by atoms with Gasteiger partial charge in [-0.1, -0.05) is 6.42 Å². The zero-order valence-electron chi connectivity index (χ0n) is 7.49. The molecule has 1 amide bonds. The molecule has 0 saturated heterocycles. The van der Waals surface area contributed by atoms with E-state index in [1.54, 1.807) is 0 Å². The van der Waals surface area contributed by atoms with Crippen LogP contribution in [0.3, 0.4) is 0 Å². The van der Waals surface area contributed by atoms with Crippen LogP contribution in [0.5, 0.6) is 0 Å². The zero-order valence-corrected chi connectivity index (χ0v) is 7.49. The molecule has 2 N–H and O–H groups in total. The molecule has 0 bridgehead atoms. The normalized spacial score (nSPS) is 27.7. The van der Waals surface area contributed by atoms with E-state index in [0.29, 0.717) is 6.42 Å². The van der Waals surface area contributed by atoms with Crippen molar-refractivity contribution in [2.45, 2.75) is 31.8 Å². The van der Waals surface area contributed by atoms with Crippen LogP contribution in [0.1, 0.15) is 25.7 Å². The molecule has 1 rings (SSSR count). The second kappa shape index (κ2) is 4.83. The number of aliphatic hydroxyl groups is 1. The third-order valence-corrected chi connectivity index (χ3v) is 2.36. The smallest absolute Gasteiger partial charge is 0.224 e. The van der Waals surface area contributed by atoms with Crippen molar-refractivity contribution in [2.24, 2.45) is 5.92 Å². The fraction of sp³-hybridized carbons (Fsp3) is 0.778. The first-order valence-electron chi connectivity index (χ1n) is 4.56. The first kappa shape index (κ1) is 10.0. The minimum absolute atomic E-state index is 0.0609. The average Bonchev–Trinajstić information content (AvgIpc) is 2.14. The summed E-state index contributed by atoms with van der Waals surface area (Å²) in [6.07, 6.45) is 2.71. The van der Waals surface area contributed by atoms with Crippen molar-refractivity contribution in [3.05, 3.63) is 0 Å². The van der Waals surface area contributed by atoms with Gasteiger partial charge < -0.3 is 10.4 Å². The molecule has 1 fully saturated rings. The van der Waals surface area contributed by atoms with Gasteiger partial charge in [-0.05, 0) is 19.3 Å². The van der Waals surface area contributed by atoms with Crippen LogP contribution in [0.2, 0.25) is 0 Å². The molecule has 1 aliphatic carbocycles. The minimum Gasteiger partial charge on any atom is -0.393 e. The summed E-state index contributed by atoms with van der Waals surface area (Å²) in [5.41, 5.74) is 0. The van der Waals surface area contributed by atoms with Gasteiger partial charge in [-0.3, -0.25) is 4.79 Å². The number of nitriles is 1. The molecular weight excluding hydrogens is 168 g/mol. The summed E-state index contributed by atoms with van der Waals surface area (Å²) in [4.78, 5) is 11.3. The minimum atomic E-state index is -0.341. The summed E-state index contributed by atoms with van der Waals surface area (Å²) in [7, 11) is 0. The lowest BCUT2D eigenvalue weighted by Crippen LogP contribution is -2.35. The number of nitrogens with zero attached hydrogens (tertiary/aromatic N) is 1. The van der Waals surface area contributed by atoms with Crippen molar-refractivity contribution >= 4 is 5.91 Å². The summed E-state index contributed by atoms with van der Waals surface area (Å²) in [6.45, 7) is 0.0609. The van der Waals surface area contributed by atoms with Crippen molar-refractivity contribution in [1.82, 2.24) is 5.32 Å². The predicted octanol–water partition coefficient (Wildman–Crippen LogP) is 0.177. The highest BCUT2D eigenvalue weighted by molar-refractivity contribution is 5.78. The van der Waals surface area contributed by atoms with Crippen molar-refractivity contribution in [2.75, 3.05) is 6.54 Å². The van der Waals surface area contributed by atoms with Gasteiger partial charge in [0.05, 0.1) is 12.2 Å². The monoisotopic (exact) mass is 182 g/mol. The van der Waals surface area contributed by atoms with Crippen molar-refractivity contribution < 1.29 is 9.90 Å². The second-order valence-corrected chi connectivity index (χ2v) is 3.39. The molecule has 0 aromatic rings. The van der Waals surface area contributed by atoms with E-state index in [1.807, 2.05) is 6.07 Å². The lowest BCUT2D eigenvalue weighted by Gasteiger charge is -2.24. The second-order valence-electron chi connectivity index (χ2n) is 3.39. The standard InChI is InChI=1S/C9H14N2O2/c10-4-5-11-9(13)7-2-1-3-8(12)6-7/h7-8,12H,1-3,5-6H2,(H,11,13). The van der Waals surface area contributed by atoms with Crippen LogP contribution in [-0.4, -0.2) is 23.7 Å². The molecule has 0 radical (unpaired) electrons. The van der Waals surface area contributed by atoms with Gasteiger partial charge in [0.2, 0.25) is 5.91 Å². The van der Waals surface area contributed by atoms with Crippen LogP contribution in [0.25, 0.3) is 0 Å². The highest BCUT2D eigenvalue weighted by Crippen LogP contribution is 2.23. The molecule has 1 saturated carbocycles. The van der Waals surface area contributed by atoms with E-state index in [2.05, 4.69) is 5.32 Å². The number of carbonyl (C=O) groups excluding carboxylic acids is 1. The molecule has 4 heteroatoms. The van der Waals surface area contributed by atoms with Gasteiger partial charge in [-0.25, -0.2) is 0 Å². The largest absolute Gasteiger partial charge is 0.393 e. The van der Waals surface area contributed by atoms with Gasteiger partial charge in [0.1, 0.15) is 6.54 Å². The van der Waals surface area contributed by atoms with E-state index in [-0.39, 0.29) is 24.5 Å². The Hall–Kier alpha value is -1.08. The number of carbonyl (C=O) groups is 1. The molecule has 0 aliphatic heterocycles. The molecule has 0 spiro atoms. The van der Waals surface area contributed by atoms with Gasteiger partial charge in [0.25, 0.3) is 0 Å². The molecule has 1 aliphatic rings. The van der Waals surface area contributed by atoms with E-state index in [9.17, 15) is 9.90 Å². The number of amides is 1. The quantitative estimate of drug-likeness (QED) is 0.598. The summed E-state index contributed by atoms with van der Waals surface area (Å²) in [6, 6.07) is 1.85. The van der Waals surface area contributed by atoms with E-state index >= 15 is 0 Å². The van der Waals surface area contributed by atoms with Gasteiger partial charge in [0.15, 0.2) is 0 Å². The fourth-order valence-corrected chi connectivity index (χ4v) is 1.67. The lowest BCUT2D eigenvalue weighted by atomic mass is 9.87. The van der Waals surface area contributed by atoms with Gasteiger partial charge in [-0.2, -0.15) is 5.26 Å². The maximum absolute atomic E-state index is 11.3. The Balaban J connectivity index is 2.33. The Morgan fingerprint density at radius 1 is 1.62 bits per heavy atom. The third kappa shape index (κ3) is 3.03. The zero-order chi connectivity index (χ0) is 9.68. The number of aliphatic hydroxyl groups excluding tert-OH is 1. The Kier molecular flexibility index (Phi) is 3.71. The van der Waals surface area contributed by atoms with Crippen LogP contribution in [0.4, 0.5) is 0 Å². The van der Waals surface area contributed by atoms with Gasteiger partial charge in [0, 0.05) is 5.92 Å². The number of hydrogen-bond acceptors (Lipinski definition) is 3. The highest BCUT2D eigenvalue weighted by atomic mass is 16.3. The Morgan fingerprint density at radius 3 is 3.00 bits per heavy atom. The van der Waals surface area contributed by atoms with Crippen LogP contribution in [0.15, 0.2) is 0 Å². The fourth-order valence-electron chi connectivity index (χ4n) is 1.67. The van der Waals surface area contributed by atoms with Gasteiger partial charge in [-0.15, -0.1) is 0 Å². The molecular formula is C9H14N2O2. The molecule has 0 aromatic carbocycles. The Labute approximate surface area is 77.6 Å². The summed E-state index contributed by atoms with van der Waals surface area (Å²) in [5.74, 6) is -0.197. The summed E-state index contributed by atoms with van der Waals surface area (Å²) < 4.78 is 0. The van der Waals surface area contributed by atoms with Crippen molar-refractivity contribution in [3.63, 3.8) is 0 Å². The maximum atomic E-state index is 11.3. The molecule has 72 valence electrons. The molecule has 2 atom stereocenters. The average molecular weight is 182 g/mol. The first-order chi connectivity index (χ1) is 6.24. The first-order valence-corrected chi connectivity index (χ1v) is 4.56. The van der Waals surface area contributed by atoms with E-state index < -0.39 is 0 Å². The summed E-state index contributed by atoms with van der Waals surface area (Å²) in [5, 5.41) is 20.1. The third-order valence-electron chi connectivity index (χ3n) is 2.36. The summed E-state index contributed by atoms with van der Waals surface area (Å²) >= 11 is 0. The number of rotatable bonds is 2. The van der Waals surface area contributed by atoms with Crippen molar-refractivity contribution in [3.8, 4) is 6.07 Å². The van der Waals surface area contributed by atoms with Gasteiger partial charge >= 0.3 is 0 Å². The molecule has 0 aromatic heterocycles. The maximum Gasteiger partial charge on any atom is 0.224 e. The molecule has 4 nitrogen and oxygen atoms in total. The van der Waals surface area contributed by atoms with Crippen LogP contribution >= 0.6 is 0 Å². The molecule has 0 heterocycles. The topological polar surface area (TPSA) is 73.1 Å². The molecule has 2 unspecified atom stereocenters. The Morgan fingerprint density at radius 2 is 2.38 bits per heavy atom. The number of nitrogens with one attached hydrogen (secondary N) is 1. The number of hydrogen-bond donors (Lipinski definition) is 2. The highest BCUT2D eigenvalue weighted by Gasteiger charge is 2.25. The van der Waals surface area contributed by atoms with E-state index in [1.165, 1.54) is 0 Å². The molecule has 13 heavy (non-hydrogen) atoms. The SMILES string of the molecule is N#CCNC(=O)C1CCCC(O)C1. The lowest BCUT2D eigenvalue weighted by molar-refractivity contribution is -0.126. The van der Waals surface area contributed by atoms with E-state index in [4.69, 9.17) is 5.26 Å². The van der Waals surface area contributed by atoms with Crippen molar-refractivity contribution in [1.29, 1.82) is 5.26 Å². The van der Waals surface area contributed by atoms with Crippen LogP contribution < -0.4 is 5.32 Å². The predicted molar refractivity (Wildman–Crippen MR) is 46.6 cm³/mol. The van der Waals surface area contributed by atoms with Crippen LogP contribution in [0, 0.1) is 17.2 Å². The van der Waals surface area contributed by atoms with Crippen LogP contribution in [-0.2, 0) is 4.79 Å². The Bertz CT molecular complexity index is 222. The van der Waals surface area contributed by atoms with E-state index in [0.717, 1.165) is 19.3 Å².